The third-order valence-electron chi connectivity index (χ3n) is 5.01. The number of carbonyl (C=O) groups is 1. The number of nitrogens with one attached hydrogen (secondary N) is 2. The number of hydrogen-bond donors (Lipinski definition) is 2. The minimum Gasteiger partial charge on any atom is -0.442 e. The van der Waals surface area contributed by atoms with Crippen LogP contribution in [-0.4, -0.2) is 55.8 Å². The summed E-state index contributed by atoms with van der Waals surface area (Å²) in [5, 5.41) is 6.29. The smallest absolute Gasteiger partial charge is 0.414 e. The Hall–Kier alpha value is -1.74. The summed E-state index contributed by atoms with van der Waals surface area (Å²) >= 11 is 6.70. The zero-order chi connectivity index (χ0) is 18.3. The van der Waals surface area contributed by atoms with Crippen LogP contribution in [0.1, 0.15) is 12.8 Å². The van der Waals surface area contributed by atoms with E-state index in [1.54, 1.807) is 18.8 Å². The molecular formula is C17H21FN4O2S2. The number of halogens is 1. The highest BCUT2D eigenvalue weighted by molar-refractivity contribution is 7.99. The molecule has 140 valence electrons. The Morgan fingerprint density at radius 3 is 3.15 bits per heavy atom. The molecule has 2 fully saturated rings. The molecule has 0 bridgehead atoms. The Morgan fingerprint density at radius 2 is 2.35 bits per heavy atom. The standard InChI is InChI=1S/C17H21FN4O2S2/c1-19-16(25)20-7-12-8-22(17(23)24-12)11-5-13(18)15-14(6-11)26-9-10-3-2-4-21(10)15/h5-6,10,12H,2-4,7-9H2,1H3,(H2,19,20,25)/t10-,12-/m0/s1. The fourth-order valence-corrected chi connectivity index (χ4v) is 5.09. The van der Waals surface area contributed by atoms with E-state index < -0.39 is 6.09 Å². The van der Waals surface area contributed by atoms with E-state index in [0.29, 0.717) is 35.6 Å². The first kappa shape index (κ1) is 17.7. The van der Waals surface area contributed by atoms with Crippen LogP contribution in [0.15, 0.2) is 17.0 Å². The second-order valence-electron chi connectivity index (χ2n) is 6.65. The molecule has 0 radical (unpaired) electrons. The SMILES string of the molecule is CNC(=S)NC[C@H]1CN(c2cc(F)c3c(c2)SC[C@@H]2CCCN32)C(=O)O1. The Morgan fingerprint density at radius 1 is 1.50 bits per heavy atom. The highest BCUT2D eigenvalue weighted by Gasteiger charge is 2.36. The number of nitrogens with zero attached hydrogens (tertiary/aromatic N) is 2. The van der Waals surface area contributed by atoms with Crippen LogP contribution in [0.25, 0.3) is 0 Å². The first-order valence-corrected chi connectivity index (χ1v) is 10.1. The van der Waals surface area contributed by atoms with Crippen molar-refractivity contribution in [2.75, 3.05) is 42.2 Å². The number of cyclic esters (lactones) is 1. The Labute approximate surface area is 161 Å². The van der Waals surface area contributed by atoms with Crippen molar-refractivity contribution in [3.05, 3.63) is 17.9 Å². The molecule has 2 saturated heterocycles. The molecule has 0 saturated carbocycles. The maximum absolute atomic E-state index is 14.9. The number of carbonyl (C=O) groups excluding carboxylic acids is 1. The molecule has 1 aromatic carbocycles. The lowest BCUT2D eigenvalue weighted by Gasteiger charge is -2.34. The number of benzene rings is 1. The largest absolute Gasteiger partial charge is 0.442 e. The summed E-state index contributed by atoms with van der Waals surface area (Å²) in [7, 11) is 1.72. The van der Waals surface area contributed by atoms with E-state index in [9.17, 15) is 9.18 Å². The van der Waals surface area contributed by atoms with Gasteiger partial charge in [0.25, 0.3) is 0 Å². The lowest BCUT2D eigenvalue weighted by Crippen LogP contribution is -2.39. The molecule has 3 heterocycles. The van der Waals surface area contributed by atoms with Gasteiger partial charge in [0.1, 0.15) is 11.9 Å². The summed E-state index contributed by atoms with van der Waals surface area (Å²) < 4.78 is 20.2. The van der Waals surface area contributed by atoms with Crippen LogP contribution < -0.4 is 20.4 Å². The van der Waals surface area contributed by atoms with Crippen molar-refractivity contribution in [2.24, 2.45) is 0 Å². The zero-order valence-electron chi connectivity index (χ0n) is 14.5. The van der Waals surface area contributed by atoms with Gasteiger partial charge in [0, 0.05) is 30.3 Å². The van der Waals surface area contributed by atoms with Crippen molar-refractivity contribution in [3.8, 4) is 0 Å². The van der Waals surface area contributed by atoms with Crippen LogP contribution >= 0.6 is 24.0 Å². The molecule has 26 heavy (non-hydrogen) atoms. The van der Waals surface area contributed by atoms with Crippen LogP contribution in [0, 0.1) is 5.82 Å². The van der Waals surface area contributed by atoms with E-state index in [1.165, 1.54) is 11.0 Å². The van der Waals surface area contributed by atoms with Crippen molar-refractivity contribution >= 4 is 46.6 Å². The first-order valence-electron chi connectivity index (χ1n) is 8.73. The summed E-state index contributed by atoms with van der Waals surface area (Å²) in [6.07, 6.45) is 1.44. The highest BCUT2D eigenvalue weighted by atomic mass is 32.2. The monoisotopic (exact) mass is 396 g/mol. The topological polar surface area (TPSA) is 56.8 Å². The average molecular weight is 397 g/mol. The quantitative estimate of drug-likeness (QED) is 0.761. The number of ether oxygens (including phenoxy) is 1. The Bertz CT molecular complexity index is 748. The summed E-state index contributed by atoms with van der Waals surface area (Å²) in [4.78, 5) is 16.8. The highest BCUT2D eigenvalue weighted by Crippen LogP contribution is 2.45. The van der Waals surface area contributed by atoms with Crippen LogP contribution in [0.3, 0.4) is 0 Å². The van der Waals surface area contributed by atoms with Crippen molar-refractivity contribution < 1.29 is 13.9 Å². The number of thiocarbonyl (C=S) groups is 1. The predicted molar refractivity (Wildman–Crippen MR) is 105 cm³/mol. The third-order valence-corrected chi connectivity index (χ3v) is 6.53. The van der Waals surface area contributed by atoms with Gasteiger partial charge in [0.2, 0.25) is 0 Å². The van der Waals surface area contributed by atoms with Gasteiger partial charge in [-0.3, -0.25) is 4.90 Å². The number of amides is 1. The molecule has 6 nitrogen and oxygen atoms in total. The molecule has 0 aliphatic carbocycles. The van der Waals surface area contributed by atoms with Gasteiger partial charge in [-0.2, -0.15) is 0 Å². The van der Waals surface area contributed by atoms with Gasteiger partial charge in [-0.1, -0.05) is 0 Å². The molecule has 1 aromatic rings. The Balaban J connectivity index is 1.52. The number of fused-ring (bicyclic) bond motifs is 3. The number of hydrogen-bond acceptors (Lipinski definition) is 5. The molecule has 4 rings (SSSR count). The van der Waals surface area contributed by atoms with Gasteiger partial charge in [-0.05, 0) is 37.2 Å². The van der Waals surface area contributed by atoms with Crippen molar-refractivity contribution in [1.29, 1.82) is 0 Å². The van der Waals surface area contributed by atoms with Gasteiger partial charge in [0.05, 0.1) is 24.5 Å². The van der Waals surface area contributed by atoms with E-state index in [4.69, 9.17) is 17.0 Å². The molecule has 0 unspecified atom stereocenters. The van der Waals surface area contributed by atoms with Crippen LogP contribution in [0.4, 0.5) is 20.6 Å². The predicted octanol–water partition coefficient (Wildman–Crippen LogP) is 2.32. The molecule has 0 aromatic heterocycles. The van der Waals surface area contributed by atoms with E-state index in [1.807, 2.05) is 6.07 Å². The van der Waals surface area contributed by atoms with Crippen molar-refractivity contribution in [1.82, 2.24) is 10.6 Å². The molecular weight excluding hydrogens is 375 g/mol. The zero-order valence-corrected chi connectivity index (χ0v) is 16.1. The number of thioether (sulfide) groups is 1. The summed E-state index contributed by atoms with van der Waals surface area (Å²) in [6.45, 7) is 1.69. The van der Waals surface area contributed by atoms with Crippen LogP contribution in [0.5, 0.6) is 0 Å². The molecule has 9 heteroatoms. The fourth-order valence-electron chi connectivity index (χ4n) is 3.73. The van der Waals surface area contributed by atoms with E-state index >= 15 is 0 Å². The Kier molecular flexibility index (Phi) is 4.83. The van der Waals surface area contributed by atoms with Gasteiger partial charge >= 0.3 is 6.09 Å². The van der Waals surface area contributed by atoms with E-state index in [2.05, 4.69) is 15.5 Å². The van der Waals surface area contributed by atoms with Gasteiger partial charge in [-0.15, -0.1) is 11.8 Å². The minimum absolute atomic E-state index is 0.262. The van der Waals surface area contributed by atoms with Crippen molar-refractivity contribution in [3.63, 3.8) is 0 Å². The van der Waals surface area contributed by atoms with Crippen molar-refractivity contribution in [2.45, 2.75) is 29.9 Å². The molecule has 3 aliphatic heterocycles. The molecule has 2 atom stereocenters. The average Bonchev–Trinajstić information content (AvgIpc) is 3.25. The maximum Gasteiger partial charge on any atom is 0.414 e. The van der Waals surface area contributed by atoms with Gasteiger partial charge in [-0.25, -0.2) is 9.18 Å². The number of anilines is 2. The second-order valence-corrected chi connectivity index (χ2v) is 8.12. The van der Waals surface area contributed by atoms with Crippen LogP contribution in [0.2, 0.25) is 0 Å². The van der Waals surface area contributed by atoms with Gasteiger partial charge < -0.3 is 20.3 Å². The lowest BCUT2D eigenvalue weighted by molar-refractivity contribution is 0.143. The summed E-state index contributed by atoms with van der Waals surface area (Å²) in [6, 6.07) is 3.79. The third kappa shape index (κ3) is 3.18. The van der Waals surface area contributed by atoms with E-state index in [0.717, 1.165) is 30.0 Å². The van der Waals surface area contributed by atoms with Crippen LogP contribution in [-0.2, 0) is 4.74 Å². The first-order chi connectivity index (χ1) is 12.6. The maximum atomic E-state index is 14.9. The molecule has 3 aliphatic rings. The van der Waals surface area contributed by atoms with Gasteiger partial charge in [0.15, 0.2) is 5.11 Å². The lowest BCUT2D eigenvalue weighted by atomic mass is 10.2. The fraction of sp³-hybridized carbons (Fsp3) is 0.529. The van der Waals surface area contributed by atoms with E-state index in [-0.39, 0.29) is 11.9 Å². The summed E-state index contributed by atoms with van der Waals surface area (Å²) in [5.74, 6) is 0.705. The molecule has 2 N–H and O–H groups in total. The summed E-state index contributed by atoms with van der Waals surface area (Å²) in [5.41, 5.74) is 1.24. The normalized spacial score (nSPS) is 24.2. The second kappa shape index (κ2) is 7.11. The molecule has 0 spiro atoms. The number of rotatable bonds is 3. The molecule has 1 amide bonds. The minimum atomic E-state index is -0.452.